The highest BCUT2D eigenvalue weighted by atomic mass is 16.5. The molecule has 4 unspecified atom stereocenters. The van der Waals surface area contributed by atoms with Crippen molar-refractivity contribution in [2.45, 2.75) is 198 Å². The second-order valence-corrected chi connectivity index (χ2v) is 34.5. The summed E-state index contributed by atoms with van der Waals surface area (Å²) in [6.07, 6.45) is 30.5. The number of rotatable bonds is 24. The van der Waals surface area contributed by atoms with Gasteiger partial charge in [-0.1, -0.05) is 188 Å². The summed E-state index contributed by atoms with van der Waals surface area (Å²) in [6, 6.07) is 64.3. The molecule has 5 aliphatic carbocycles. The van der Waals surface area contributed by atoms with E-state index in [4.69, 9.17) is 18.9 Å². The van der Waals surface area contributed by atoms with Crippen LogP contribution in [0.1, 0.15) is 208 Å². The number of carbonyl (C=O) groups is 4. The molecule has 121 heavy (non-hydrogen) atoms. The number of nitrogens with one attached hydrogen (secondary N) is 12. The van der Waals surface area contributed by atoms with Gasteiger partial charge in [-0.3, -0.25) is 19.2 Å². The average molecular weight is 1630 g/mol. The second-order valence-electron chi connectivity index (χ2n) is 34.5. The monoisotopic (exact) mass is 1630 g/mol. The Morgan fingerprint density at radius 3 is 0.917 bits per heavy atom. The second kappa shape index (κ2) is 38.7. The molecule has 12 N–H and O–H groups in total. The lowest BCUT2D eigenvalue weighted by Crippen LogP contribution is -2.50. The predicted octanol–water partition coefficient (Wildman–Crippen LogP) is 20.4. The minimum absolute atomic E-state index is 0.00766. The van der Waals surface area contributed by atoms with Gasteiger partial charge in [0.1, 0.15) is 29.1 Å². The number of carbonyl (C=O) groups excluding carboxylic acids is 4. The van der Waals surface area contributed by atoms with Gasteiger partial charge < -0.3 is 82.7 Å². The van der Waals surface area contributed by atoms with E-state index in [1.54, 1.807) is 0 Å². The molecule has 0 saturated heterocycles. The van der Waals surface area contributed by atoms with Gasteiger partial charge in [0.25, 0.3) is 23.6 Å². The zero-order chi connectivity index (χ0) is 82.4. The molecule has 20 nitrogen and oxygen atoms in total. The molecule has 5 saturated carbocycles. The number of hydrogen-bond acceptors (Lipinski definition) is 16. The molecule has 5 fully saturated rings. The molecular weight excluding hydrogens is 1510 g/mol. The molecular formula is C101H118N12O8. The molecule has 4 amide bonds. The Morgan fingerprint density at radius 1 is 0.298 bits per heavy atom. The molecule has 4 bridgehead atoms. The maximum absolute atomic E-state index is 12.7. The van der Waals surface area contributed by atoms with Crippen LogP contribution in [0.4, 0.5) is 45.5 Å². The first kappa shape index (κ1) is 81.6. The van der Waals surface area contributed by atoms with Gasteiger partial charge in [-0.2, -0.15) is 0 Å². The maximum atomic E-state index is 12.7. The van der Waals surface area contributed by atoms with E-state index in [2.05, 4.69) is 132 Å². The Hall–Kier alpha value is -11.8. The van der Waals surface area contributed by atoms with E-state index < -0.39 is 0 Å². The van der Waals surface area contributed by atoms with Crippen LogP contribution in [0.3, 0.4) is 0 Å². The van der Waals surface area contributed by atoms with Crippen LogP contribution in [0.25, 0.3) is 0 Å². The molecule has 0 aromatic heterocycles. The first-order valence-electron chi connectivity index (χ1n) is 45.0. The number of para-hydroxylation sites is 8. The molecule has 4 atom stereocenters. The molecule has 20 heteroatoms. The highest BCUT2D eigenvalue weighted by molar-refractivity contribution is 6.03. The maximum Gasteiger partial charge on any atom is 0.251 e. The largest absolute Gasteiger partial charge is 0.494 e. The summed E-state index contributed by atoms with van der Waals surface area (Å²) < 4.78 is 24.6. The summed E-state index contributed by atoms with van der Waals surface area (Å²) in [6.45, 7) is 8.02. The Balaban J connectivity index is 0.000000115. The topological polar surface area (TPSA) is 250 Å². The third-order valence-corrected chi connectivity index (χ3v) is 26.1. The Labute approximate surface area is 712 Å². The zero-order valence-electron chi connectivity index (χ0n) is 70.0. The first-order chi connectivity index (χ1) is 59.5. The van der Waals surface area contributed by atoms with Crippen LogP contribution < -0.4 is 82.7 Å². The van der Waals surface area contributed by atoms with Crippen molar-refractivity contribution in [2.24, 2.45) is 23.7 Å². The molecule has 630 valence electrons. The molecule has 8 aliphatic heterocycles. The summed E-state index contributed by atoms with van der Waals surface area (Å²) in [5.74, 6) is 6.95. The fourth-order valence-corrected chi connectivity index (χ4v) is 20.0. The van der Waals surface area contributed by atoms with Gasteiger partial charge >= 0.3 is 0 Å². The van der Waals surface area contributed by atoms with E-state index in [0.29, 0.717) is 38.4 Å². The molecule has 8 aromatic carbocycles. The van der Waals surface area contributed by atoms with Gasteiger partial charge in [0.2, 0.25) is 0 Å². The van der Waals surface area contributed by atoms with Crippen LogP contribution in [0, 0.1) is 23.7 Å². The Morgan fingerprint density at radius 2 is 0.587 bits per heavy atom. The van der Waals surface area contributed by atoms with Crippen molar-refractivity contribution in [1.29, 1.82) is 0 Å². The highest BCUT2D eigenvalue weighted by Crippen LogP contribution is 2.55. The Bertz CT molecular complexity index is 5080. The predicted molar refractivity (Wildman–Crippen MR) is 483 cm³/mol. The lowest BCUT2D eigenvalue weighted by Gasteiger charge is -2.53. The van der Waals surface area contributed by atoms with Gasteiger partial charge in [-0.25, -0.2) is 0 Å². The quantitative estimate of drug-likeness (QED) is 0.0199. The minimum atomic E-state index is -0.204. The lowest BCUT2D eigenvalue weighted by molar-refractivity contribution is -0.117. The summed E-state index contributed by atoms with van der Waals surface area (Å²) in [5, 5.41) is 39.8. The summed E-state index contributed by atoms with van der Waals surface area (Å²) in [5.41, 5.74) is 19.0. The van der Waals surface area contributed by atoms with Crippen LogP contribution >= 0.6 is 0 Å². The summed E-state index contributed by atoms with van der Waals surface area (Å²) in [7, 11) is 0. The van der Waals surface area contributed by atoms with Crippen LogP contribution in [-0.2, 0) is 19.2 Å². The fourth-order valence-electron chi connectivity index (χ4n) is 20.0. The van der Waals surface area contributed by atoms with Crippen LogP contribution in [0.5, 0.6) is 23.0 Å². The summed E-state index contributed by atoms with van der Waals surface area (Å²) in [4.78, 5) is 50.4. The first-order valence-corrected chi connectivity index (χ1v) is 45.0. The smallest absolute Gasteiger partial charge is 0.251 e. The van der Waals surface area contributed by atoms with Gasteiger partial charge in [0, 0.05) is 22.8 Å². The zero-order valence-corrected chi connectivity index (χ0v) is 70.0. The molecule has 0 radical (unpaired) electrons. The van der Waals surface area contributed by atoms with E-state index in [1.165, 1.54) is 116 Å². The average Bonchev–Trinajstić information content (AvgIpc) is 1.77. The van der Waals surface area contributed by atoms with Gasteiger partial charge in [0.05, 0.1) is 137 Å². The van der Waals surface area contributed by atoms with Crippen molar-refractivity contribution in [3.05, 3.63) is 261 Å². The third kappa shape index (κ3) is 19.3. The molecule has 0 spiro atoms. The van der Waals surface area contributed by atoms with Crippen molar-refractivity contribution >= 4 is 69.1 Å². The number of hydrogen-bond donors (Lipinski definition) is 12. The number of ether oxygens (including phenoxy) is 4. The van der Waals surface area contributed by atoms with Crippen molar-refractivity contribution in [1.82, 2.24) is 21.3 Å². The fraction of sp³-hybridized carbons (Fsp3) is 0.406. The van der Waals surface area contributed by atoms with Gasteiger partial charge in [-0.05, 0) is 214 Å². The van der Waals surface area contributed by atoms with Crippen molar-refractivity contribution in [3.63, 3.8) is 0 Å². The van der Waals surface area contributed by atoms with E-state index in [0.717, 1.165) is 205 Å². The van der Waals surface area contributed by atoms with E-state index >= 15 is 0 Å². The van der Waals surface area contributed by atoms with Crippen LogP contribution in [0.15, 0.2) is 239 Å². The normalized spacial score (nSPS) is 22.9. The van der Waals surface area contributed by atoms with Crippen LogP contribution in [0.2, 0.25) is 0 Å². The number of amides is 4. The van der Waals surface area contributed by atoms with Crippen molar-refractivity contribution in [2.75, 3.05) is 81.9 Å². The Kier molecular flexibility index (Phi) is 26.1. The van der Waals surface area contributed by atoms with E-state index in [-0.39, 0.29) is 47.8 Å². The van der Waals surface area contributed by atoms with E-state index in [9.17, 15) is 19.2 Å². The number of benzene rings is 8. The van der Waals surface area contributed by atoms with Crippen molar-refractivity contribution in [3.8, 4) is 23.0 Å². The van der Waals surface area contributed by atoms with Crippen molar-refractivity contribution < 1.29 is 38.1 Å². The number of anilines is 8. The number of fused-ring (bicyclic) bond motifs is 4. The van der Waals surface area contributed by atoms with Gasteiger partial charge in [0.15, 0.2) is 0 Å². The van der Waals surface area contributed by atoms with Gasteiger partial charge in [-0.15, -0.1) is 0 Å². The molecule has 8 aromatic rings. The summed E-state index contributed by atoms with van der Waals surface area (Å²) >= 11 is 0. The highest BCUT2D eigenvalue weighted by Gasteiger charge is 2.50. The third-order valence-electron chi connectivity index (χ3n) is 26.1. The number of unbranched alkanes of at least 4 members (excludes halogenated alkanes) is 10. The van der Waals surface area contributed by atoms with E-state index in [1.807, 2.05) is 140 Å². The van der Waals surface area contributed by atoms with Crippen LogP contribution in [-0.4, -0.2) is 75.2 Å². The minimum Gasteiger partial charge on any atom is -0.494 e. The molecule has 21 rings (SSSR count). The lowest BCUT2D eigenvalue weighted by atomic mass is 9.55. The SMILES string of the molecule is CCCCCCCCCCCCOc1ccc(C2Nc3ccccc3NC3=C2C(=O)NC3)cc1.CCCCOc1ccc(C2Nc3ccccc3NC3=C2C(=O)NC3)cc1.O=C1NCC2=C1C(c1ccc(OC3C4CC5CC(C4)CC3C5)cc1)Nc1ccccc1N2.O=C1NCC2=C1C(c1ccc(OC3CCCCCC3)cc1)Nc1ccccc1N2. The standard InChI is InChI=1S/C29H39N3O2.C27H29N3O2.C24H27N3O2.C21H23N3O2/c1-2-3-4-5-6-7-8-9-10-13-20-34-23-18-16-22(17-19-23)28-27-26(21-30-29(27)33)31-24-14-11-12-15-25(24)32-28;31-27-24-23(14-28-27)29-21-3-1-2-4-22(21)30-25(24)17-5-7-20(8-6-17)32-26-18-10-15-9-16(12-18)13-19(26)11-15;28-24-22-21(15-25-24)26-19-9-5-6-10-20(19)27-23(22)16-11-13-18(14-12-16)29-17-7-3-1-2-4-8-17;1-2-3-12-26-15-10-8-14(9-11-15)20-19-18(13-22-21(19)25)23-16-6-4-5-7-17(16)24-20/h11-12,14-19,28,31-32H,2-10,13,20-21H2,1H3,(H,30,33);1-8,15-16,18-19,25-26,29-30H,9-14H2,(H,28,31);5-6,9-14,17,23,26-27H,1-4,7-8,15H2,(H,25,28);4-11,20,23-24H,2-3,12-13H2,1H3,(H,22,25). The molecule has 8 heterocycles. The molecule has 13 aliphatic rings.